The molecule has 2 aromatic carbocycles. The Bertz CT molecular complexity index is 978. The fourth-order valence-electron chi connectivity index (χ4n) is 4.56. The van der Waals surface area contributed by atoms with Gasteiger partial charge < -0.3 is 20.5 Å². The molecule has 0 spiro atoms. The van der Waals surface area contributed by atoms with E-state index >= 15 is 0 Å². The lowest BCUT2D eigenvalue weighted by atomic mass is 9.86. The van der Waals surface area contributed by atoms with Crippen LogP contribution < -0.4 is 10.6 Å². The topological polar surface area (TPSA) is 70.6 Å². The van der Waals surface area contributed by atoms with Gasteiger partial charge in [0.15, 0.2) is 0 Å². The molecule has 2 aromatic rings. The summed E-state index contributed by atoms with van der Waals surface area (Å²) in [6.45, 7) is 6.48. The number of halogens is 2. The third kappa shape index (κ3) is 8.23. The first-order valence-corrected chi connectivity index (χ1v) is 12.4. The van der Waals surface area contributed by atoms with E-state index in [1.165, 1.54) is 28.8 Å². The minimum Gasteiger partial charge on any atom is -0.390 e. The Labute approximate surface area is 206 Å². The molecule has 0 saturated heterocycles. The molecule has 0 unspecified atom stereocenters. The summed E-state index contributed by atoms with van der Waals surface area (Å²) in [6.07, 6.45) is 4.85. The van der Waals surface area contributed by atoms with Crippen molar-refractivity contribution in [1.29, 1.82) is 0 Å². The molecule has 1 aliphatic rings. The summed E-state index contributed by atoms with van der Waals surface area (Å²) >= 11 is 0. The van der Waals surface area contributed by atoms with Gasteiger partial charge in [-0.15, -0.1) is 6.58 Å². The van der Waals surface area contributed by atoms with Crippen LogP contribution in [0.25, 0.3) is 0 Å². The Morgan fingerprint density at radius 1 is 1.23 bits per heavy atom. The standard InChI is InChI=1S/C28H36F2N2O3/c1-3-11-35-12-10-28(34)32-26(16-20-13-22(29)17-23(30)14-20)27(33)18-31-25-7-5-6-21-9-8-19(4-2)15-24(21)25/h3,8-9,13-15,17,25-27,31,33H,1,4-7,10-12,16,18H2,2H3,(H,32,34)/t25-,26-,27+/m0/s1. The molecule has 0 fully saturated rings. The molecule has 5 nitrogen and oxygen atoms in total. The number of aryl methyl sites for hydroxylation is 2. The Kier molecular flexibility index (Phi) is 10.4. The normalized spacial score (nSPS) is 16.9. The molecule has 3 rings (SSSR count). The van der Waals surface area contributed by atoms with Gasteiger partial charge in [0.25, 0.3) is 0 Å². The van der Waals surface area contributed by atoms with Crippen LogP contribution in [0.3, 0.4) is 0 Å². The summed E-state index contributed by atoms with van der Waals surface area (Å²) in [7, 11) is 0. The average molecular weight is 487 g/mol. The molecule has 0 aliphatic heterocycles. The van der Waals surface area contributed by atoms with E-state index in [-0.39, 0.29) is 37.9 Å². The molecule has 1 aliphatic carbocycles. The largest absolute Gasteiger partial charge is 0.390 e. The minimum absolute atomic E-state index is 0.0953. The predicted molar refractivity (Wildman–Crippen MR) is 133 cm³/mol. The summed E-state index contributed by atoms with van der Waals surface area (Å²) < 4.78 is 32.8. The van der Waals surface area contributed by atoms with Gasteiger partial charge in [-0.25, -0.2) is 8.78 Å². The summed E-state index contributed by atoms with van der Waals surface area (Å²) in [6, 6.07) is 9.22. The Balaban J connectivity index is 1.68. The maximum Gasteiger partial charge on any atom is 0.222 e. The van der Waals surface area contributed by atoms with Crippen LogP contribution in [0.2, 0.25) is 0 Å². The highest BCUT2D eigenvalue weighted by molar-refractivity contribution is 5.76. The lowest BCUT2D eigenvalue weighted by molar-refractivity contribution is -0.123. The van der Waals surface area contributed by atoms with Crippen LogP contribution >= 0.6 is 0 Å². The van der Waals surface area contributed by atoms with Crippen LogP contribution in [-0.2, 0) is 28.8 Å². The zero-order chi connectivity index (χ0) is 25.2. The van der Waals surface area contributed by atoms with Crippen molar-refractivity contribution in [2.24, 2.45) is 0 Å². The first-order valence-electron chi connectivity index (χ1n) is 12.4. The third-order valence-corrected chi connectivity index (χ3v) is 6.40. The van der Waals surface area contributed by atoms with Crippen LogP contribution in [0.4, 0.5) is 8.78 Å². The number of aliphatic hydroxyl groups excluding tert-OH is 1. The van der Waals surface area contributed by atoms with Crippen LogP contribution in [0.5, 0.6) is 0 Å². The van der Waals surface area contributed by atoms with Gasteiger partial charge in [-0.1, -0.05) is 31.2 Å². The Morgan fingerprint density at radius 2 is 2.00 bits per heavy atom. The number of aliphatic hydroxyl groups is 1. The van der Waals surface area contributed by atoms with Gasteiger partial charge in [-0.05, 0) is 66.5 Å². The smallest absolute Gasteiger partial charge is 0.222 e. The molecule has 7 heteroatoms. The molecule has 1 amide bonds. The monoisotopic (exact) mass is 486 g/mol. The highest BCUT2D eigenvalue weighted by Gasteiger charge is 2.25. The quantitative estimate of drug-likeness (QED) is 0.294. The molecule has 0 aromatic heterocycles. The van der Waals surface area contributed by atoms with Gasteiger partial charge in [-0.3, -0.25) is 4.79 Å². The molecule has 35 heavy (non-hydrogen) atoms. The molecule has 0 heterocycles. The van der Waals surface area contributed by atoms with Crippen LogP contribution in [0.1, 0.15) is 54.5 Å². The van der Waals surface area contributed by atoms with Gasteiger partial charge in [0.1, 0.15) is 11.6 Å². The molecule has 0 bridgehead atoms. The maximum absolute atomic E-state index is 13.7. The molecule has 3 N–H and O–H groups in total. The molecule has 0 saturated carbocycles. The molecule has 190 valence electrons. The molecule has 3 atom stereocenters. The van der Waals surface area contributed by atoms with Crippen molar-refractivity contribution in [1.82, 2.24) is 10.6 Å². The highest BCUT2D eigenvalue weighted by Crippen LogP contribution is 2.30. The lowest BCUT2D eigenvalue weighted by Crippen LogP contribution is -2.49. The second-order valence-corrected chi connectivity index (χ2v) is 9.08. The van der Waals surface area contributed by atoms with Crippen molar-refractivity contribution < 1.29 is 23.4 Å². The fraction of sp³-hybridized carbons (Fsp3) is 0.464. The van der Waals surface area contributed by atoms with Crippen LogP contribution in [0.15, 0.2) is 49.1 Å². The van der Waals surface area contributed by atoms with Crippen molar-refractivity contribution >= 4 is 5.91 Å². The number of benzene rings is 2. The van der Waals surface area contributed by atoms with Gasteiger partial charge in [0.2, 0.25) is 5.91 Å². The zero-order valence-electron chi connectivity index (χ0n) is 20.4. The third-order valence-electron chi connectivity index (χ3n) is 6.40. The number of carbonyl (C=O) groups excluding carboxylic acids is 1. The van der Waals surface area contributed by atoms with Crippen molar-refractivity contribution in [3.05, 3.63) is 82.9 Å². The molecular formula is C28H36F2N2O3. The Morgan fingerprint density at radius 3 is 2.71 bits per heavy atom. The number of nitrogens with one attached hydrogen (secondary N) is 2. The number of amides is 1. The van der Waals surface area contributed by atoms with E-state index in [1.807, 2.05) is 0 Å². The number of ether oxygens (including phenoxy) is 1. The maximum atomic E-state index is 13.7. The van der Waals surface area contributed by atoms with E-state index in [0.29, 0.717) is 12.2 Å². The van der Waals surface area contributed by atoms with Gasteiger partial charge >= 0.3 is 0 Å². The number of hydrogen-bond acceptors (Lipinski definition) is 4. The number of carbonyl (C=O) groups is 1. The predicted octanol–water partition coefficient (Wildman–Crippen LogP) is 4.18. The van der Waals surface area contributed by atoms with Gasteiger partial charge in [0.05, 0.1) is 25.4 Å². The van der Waals surface area contributed by atoms with Crippen molar-refractivity contribution in [2.45, 2.75) is 63.6 Å². The van der Waals surface area contributed by atoms with Crippen LogP contribution in [-0.4, -0.2) is 42.9 Å². The second kappa shape index (κ2) is 13.5. The highest BCUT2D eigenvalue weighted by atomic mass is 19.1. The number of fused-ring (bicyclic) bond motifs is 1. The summed E-state index contributed by atoms with van der Waals surface area (Å²) in [4.78, 5) is 12.5. The van der Waals surface area contributed by atoms with E-state index < -0.39 is 23.8 Å². The van der Waals surface area contributed by atoms with E-state index in [2.05, 4.69) is 42.3 Å². The van der Waals surface area contributed by atoms with Gasteiger partial charge in [-0.2, -0.15) is 0 Å². The first-order chi connectivity index (χ1) is 16.9. The fourth-order valence-corrected chi connectivity index (χ4v) is 4.56. The zero-order valence-corrected chi connectivity index (χ0v) is 20.4. The van der Waals surface area contributed by atoms with Crippen LogP contribution in [0, 0.1) is 11.6 Å². The summed E-state index contributed by atoms with van der Waals surface area (Å²) in [5.41, 5.74) is 4.22. The van der Waals surface area contributed by atoms with Crippen molar-refractivity contribution in [2.75, 3.05) is 19.8 Å². The lowest BCUT2D eigenvalue weighted by Gasteiger charge is -2.30. The van der Waals surface area contributed by atoms with E-state index in [1.54, 1.807) is 6.08 Å². The Hall–Kier alpha value is -2.61. The summed E-state index contributed by atoms with van der Waals surface area (Å²) in [5, 5.41) is 17.3. The first kappa shape index (κ1) is 27.0. The van der Waals surface area contributed by atoms with Gasteiger partial charge in [0, 0.05) is 25.1 Å². The minimum atomic E-state index is -0.959. The molecular weight excluding hydrogens is 450 g/mol. The number of rotatable bonds is 13. The van der Waals surface area contributed by atoms with E-state index in [4.69, 9.17) is 4.74 Å². The van der Waals surface area contributed by atoms with E-state index in [0.717, 1.165) is 31.7 Å². The molecule has 0 radical (unpaired) electrons. The summed E-state index contributed by atoms with van der Waals surface area (Å²) in [5.74, 6) is -1.69. The second-order valence-electron chi connectivity index (χ2n) is 9.08. The van der Waals surface area contributed by atoms with Crippen molar-refractivity contribution in [3.63, 3.8) is 0 Å². The van der Waals surface area contributed by atoms with E-state index in [9.17, 15) is 18.7 Å². The van der Waals surface area contributed by atoms with Crippen molar-refractivity contribution in [3.8, 4) is 0 Å². The number of hydrogen-bond donors (Lipinski definition) is 3. The average Bonchev–Trinajstić information content (AvgIpc) is 2.83. The SMILES string of the molecule is C=CCOCCC(=O)N[C@@H](Cc1cc(F)cc(F)c1)[C@H](O)CN[C@H]1CCCc2ccc(CC)cc21.